The number of rotatable bonds is 5. The van der Waals surface area contributed by atoms with E-state index < -0.39 is 12.0 Å². The van der Waals surface area contributed by atoms with Gasteiger partial charge < -0.3 is 26.4 Å². The number of nitrogens with one attached hydrogen (secondary N) is 2. The summed E-state index contributed by atoms with van der Waals surface area (Å²) in [7, 11) is 1.48. The Labute approximate surface area is 173 Å². The zero-order chi connectivity index (χ0) is 21.7. The van der Waals surface area contributed by atoms with Crippen LogP contribution in [0, 0.1) is 5.92 Å². The number of piperidine rings is 1. The predicted molar refractivity (Wildman–Crippen MR) is 110 cm³/mol. The summed E-state index contributed by atoms with van der Waals surface area (Å²) >= 11 is 0. The average Bonchev–Trinajstić information content (AvgIpc) is 2.77. The van der Waals surface area contributed by atoms with E-state index in [-0.39, 0.29) is 23.3 Å². The minimum absolute atomic E-state index is 0.0255. The van der Waals surface area contributed by atoms with E-state index in [1.54, 1.807) is 24.3 Å². The molecule has 1 aliphatic heterocycles. The highest BCUT2D eigenvalue weighted by molar-refractivity contribution is 5.97. The van der Waals surface area contributed by atoms with Crippen LogP contribution in [0.1, 0.15) is 33.7 Å². The van der Waals surface area contributed by atoms with Crippen molar-refractivity contribution in [2.24, 2.45) is 5.92 Å². The van der Waals surface area contributed by atoms with Crippen molar-refractivity contribution in [3.05, 3.63) is 41.7 Å². The number of carboxylic acid groups (broad SMARTS) is 1. The summed E-state index contributed by atoms with van der Waals surface area (Å²) in [5, 5.41) is 14.4. The predicted octanol–water partition coefficient (Wildman–Crippen LogP) is 1.21. The van der Waals surface area contributed by atoms with Gasteiger partial charge in [0.1, 0.15) is 0 Å². The number of carbonyl (C=O) groups is 3. The standard InChI is InChI=1S/C20H24N6O4/c1-22-19(28)16-17(21)23-11-15(25-16)13-3-2-4-14(9-13)18(27)24-10-12-5-7-26(8-6-12)20(29)30/h2-4,9,11-12H,5-8,10H2,1H3,(H2,21,23)(H,22,28)(H,24,27)(H,29,30). The molecule has 1 aromatic carbocycles. The Hall–Kier alpha value is -3.69. The lowest BCUT2D eigenvalue weighted by atomic mass is 9.97. The molecule has 3 rings (SSSR count). The molecule has 0 bridgehead atoms. The third kappa shape index (κ3) is 4.83. The van der Waals surface area contributed by atoms with Gasteiger partial charge in [0.15, 0.2) is 11.5 Å². The Morgan fingerprint density at radius 2 is 1.97 bits per heavy atom. The number of hydrogen-bond donors (Lipinski definition) is 4. The molecule has 1 saturated heterocycles. The fraction of sp³-hybridized carbons (Fsp3) is 0.350. The van der Waals surface area contributed by atoms with Crippen molar-refractivity contribution in [3.8, 4) is 11.3 Å². The van der Waals surface area contributed by atoms with Gasteiger partial charge in [0, 0.05) is 37.8 Å². The molecular weight excluding hydrogens is 388 g/mol. The molecule has 5 N–H and O–H groups in total. The minimum atomic E-state index is -0.903. The quantitative estimate of drug-likeness (QED) is 0.576. The van der Waals surface area contributed by atoms with Crippen molar-refractivity contribution >= 4 is 23.7 Å². The van der Waals surface area contributed by atoms with E-state index in [0.717, 1.165) is 12.8 Å². The summed E-state index contributed by atoms with van der Waals surface area (Å²) in [5.41, 5.74) is 7.27. The second kappa shape index (κ2) is 9.21. The fourth-order valence-corrected chi connectivity index (χ4v) is 3.31. The van der Waals surface area contributed by atoms with Crippen molar-refractivity contribution < 1.29 is 19.5 Å². The van der Waals surface area contributed by atoms with Crippen LogP contribution >= 0.6 is 0 Å². The maximum Gasteiger partial charge on any atom is 0.407 e. The number of carbonyl (C=O) groups excluding carboxylic acids is 2. The van der Waals surface area contributed by atoms with Crippen molar-refractivity contribution in [3.63, 3.8) is 0 Å². The maximum atomic E-state index is 12.6. The van der Waals surface area contributed by atoms with E-state index in [1.807, 2.05) is 0 Å². The molecule has 1 aliphatic rings. The van der Waals surface area contributed by atoms with Crippen LogP contribution in [0.2, 0.25) is 0 Å². The zero-order valence-corrected chi connectivity index (χ0v) is 16.6. The third-order valence-electron chi connectivity index (χ3n) is 5.10. The average molecular weight is 412 g/mol. The summed E-state index contributed by atoms with van der Waals surface area (Å²) in [4.78, 5) is 45.1. The number of nitrogens with two attached hydrogens (primary N) is 1. The molecule has 0 aliphatic carbocycles. The van der Waals surface area contributed by atoms with Crippen LogP contribution in [-0.4, -0.2) is 64.6 Å². The fourth-order valence-electron chi connectivity index (χ4n) is 3.31. The number of likely N-dealkylation sites (tertiary alicyclic amines) is 1. The molecule has 1 aromatic heterocycles. The summed E-state index contributed by atoms with van der Waals surface area (Å²) < 4.78 is 0. The van der Waals surface area contributed by atoms with Crippen LogP contribution in [0.15, 0.2) is 30.5 Å². The molecule has 2 heterocycles. The van der Waals surface area contributed by atoms with Crippen LogP contribution in [-0.2, 0) is 0 Å². The minimum Gasteiger partial charge on any atom is -0.465 e. The Morgan fingerprint density at radius 3 is 2.63 bits per heavy atom. The number of benzene rings is 1. The highest BCUT2D eigenvalue weighted by Crippen LogP contribution is 2.20. The number of hydrogen-bond acceptors (Lipinski definition) is 6. The summed E-state index contributed by atoms with van der Waals surface area (Å²) in [6.07, 6.45) is 1.99. The topological polar surface area (TPSA) is 151 Å². The normalized spacial score (nSPS) is 14.2. The van der Waals surface area contributed by atoms with Gasteiger partial charge >= 0.3 is 6.09 Å². The molecule has 0 atom stereocenters. The molecule has 3 amide bonds. The van der Waals surface area contributed by atoms with E-state index >= 15 is 0 Å². The SMILES string of the molecule is CNC(=O)c1nc(-c2cccc(C(=O)NCC3CCN(C(=O)O)CC3)c2)cnc1N. The summed E-state index contributed by atoms with van der Waals surface area (Å²) in [5.74, 6) is -0.399. The highest BCUT2D eigenvalue weighted by Gasteiger charge is 2.22. The highest BCUT2D eigenvalue weighted by atomic mass is 16.4. The van der Waals surface area contributed by atoms with Gasteiger partial charge in [-0.05, 0) is 30.9 Å². The third-order valence-corrected chi connectivity index (χ3v) is 5.10. The number of anilines is 1. The number of aromatic nitrogens is 2. The molecule has 158 valence electrons. The Bertz CT molecular complexity index is 956. The molecule has 2 aromatic rings. The lowest BCUT2D eigenvalue weighted by Gasteiger charge is -2.30. The summed E-state index contributed by atoms with van der Waals surface area (Å²) in [6.45, 7) is 1.45. The van der Waals surface area contributed by atoms with E-state index in [9.17, 15) is 14.4 Å². The van der Waals surface area contributed by atoms with Crippen LogP contribution in [0.5, 0.6) is 0 Å². The van der Waals surface area contributed by atoms with Gasteiger partial charge in [-0.3, -0.25) is 9.59 Å². The number of nitrogen functional groups attached to an aromatic ring is 1. The molecule has 10 heteroatoms. The van der Waals surface area contributed by atoms with E-state index in [0.29, 0.717) is 36.5 Å². The molecule has 10 nitrogen and oxygen atoms in total. The van der Waals surface area contributed by atoms with E-state index in [1.165, 1.54) is 18.1 Å². The molecule has 0 unspecified atom stereocenters. The second-order valence-electron chi connectivity index (χ2n) is 7.07. The Morgan fingerprint density at radius 1 is 1.23 bits per heavy atom. The van der Waals surface area contributed by atoms with Crippen LogP contribution in [0.25, 0.3) is 11.3 Å². The lowest BCUT2D eigenvalue weighted by molar-refractivity contribution is 0.0927. The van der Waals surface area contributed by atoms with Gasteiger partial charge in [0.05, 0.1) is 11.9 Å². The first kappa shape index (κ1) is 21.0. The van der Waals surface area contributed by atoms with Crippen molar-refractivity contribution in [1.29, 1.82) is 0 Å². The summed E-state index contributed by atoms with van der Waals surface area (Å²) in [6, 6.07) is 6.87. The van der Waals surface area contributed by atoms with E-state index in [4.69, 9.17) is 10.8 Å². The Balaban J connectivity index is 1.66. The first-order valence-electron chi connectivity index (χ1n) is 9.60. The van der Waals surface area contributed by atoms with Gasteiger partial charge in [-0.15, -0.1) is 0 Å². The van der Waals surface area contributed by atoms with Gasteiger partial charge in [-0.2, -0.15) is 0 Å². The van der Waals surface area contributed by atoms with Crippen molar-refractivity contribution in [2.75, 3.05) is 32.4 Å². The second-order valence-corrected chi connectivity index (χ2v) is 7.07. The van der Waals surface area contributed by atoms with Gasteiger partial charge in [-0.1, -0.05) is 12.1 Å². The largest absolute Gasteiger partial charge is 0.465 e. The van der Waals surface area contributed by atoms with Gasteiger partial charge in [-0.25, -0.2) is 14.8 Å². The van der Waals surface area contributed by atoms with E-state index in [2.05, 4.69) is 20.6 Å². The lowest BCUT2D eigenvalue weighted by Crippen LogP contribution is -2.40. The molecule has 30 heavy (non-hydrogen) atoms. The van der Waals surface area contributed by atoms with Crippen LogP contribution in [0.4, 0.5) is 10.6 Å². The molecule has 0 radical (unpaired) electrons. The monoisotopic (exact) mass is 412 g/mol. The molecule has 0 saturated carbocycles. The molecular formula is C20H24N6O4. The van der Waals surface area contributed by atoms with Crippen LogP contribution in [0.3, 0.4) is 0 Å². The van der Waals surface area contributed by atoms with Gasteiger partial charge in [0.2, 0.25) is 0 Å². The van der Waals surface area contributed by atoms with Gasteiger partial charge in [0.25, 0.3) is 11.8 Å². The number of amides is 3. The molecule has 1 fully saturated rings. The molecule has 0 spiro atoms. The van der Waals surface area contributed by atoms with Crippen molar-refractivity contribution in [2.45, 2.75) is 12.8 Å². The van der Waals surface area contributed by atoms with Crippen molar-refractivity contribution in [1.82, 2.24) is 25.5 Å². The smallest absolute Gasteiger partial charge is 0.407 e. The zero-order valence-electron chi connectivity index (χ0n) is 16.6. The Kier molecular flexibility index (Phi) is 6.45. The first-order valence-corrected chi connectivity index (χ1v) is 9.60. The first-order chi connectivity index (χ1) is 14.4. The number of nitrogens with zero attached hydrogens (tertiary/aromatic N) is 3. The van der Waals surface area contributed by atoms with Crippen LogP contribution < -0.4 is 16.4 Å². The maximum absolute atomic E-state index is 12.6.